The SMILES string of the molecule is N=C(c1ccc(OC2CCN(C3CCC3)CC2)cc1)c1cc(NC(=O)C(c2ccsc2)N2CCCC2)ccc1N. The van der Waals surface area contributed by atoms with Gasteiger partial charge in [-0.1, -0.05) is 6.42 Å². The Hall–Kier alpha value is -3.20. The summed E-state index contributed by atoms with van der Waals surface area (Å²) in [5, 5.41) is 16.1. The number of carbonyl (C=O) groups is 1. The van der Waals surface area contributed by atoms with E-state index in [2.05, 4.69) is 20.5 Å². The van der Waals surface area contributed by atoms with Gasteiger partial charge in [0.2, 0.25) is 5.91 Å². The number of benzene rings is 2. The summed E-state index contributed by atoms with van der Waals surface area (Å²) in [6.45, 7) is 4.09. The minimum atomic E-state index is -0.313. The standard InChI is InChI=1S/C32H39N5O2S/c33-29-11-8-24(35-32(38)31(23-14-19-40-21-23)37-15-1-2-16-37)20-28(29)30(34)22-6-9-26(10-7-22)39-27-12-17-36(18-13-27)25-4-3-5-25/h6-11,14,19-21,25,27,31,34H,1-5,12-13,15-18,33H2,(H,35,38). The average Bonchev–Trinajstić information content (AvgIpc) is 3.66. The molecule has 3 heterocycles. The third-order valence-corrected chi connectivity index (χ3v) is 9.42. The number of anilines is 2. The van der Waals surface area contributed by atoms with Crippen LogP contribution in [-0.4, -0.2) is 59.7 Å². The number of likely N-dealkylation sites (tertiary alicyclic amines) is 2. The number of ether oxygens (including phenoxy) is 1. The van der Waals surface area contributed by atoms with E-state index in [0.29, 0.717) is 22.6 Å². The van der Waals surface area contributed by atoms with Crippen LogP contribution >= 0.6 is 11.3 Å². The first-order valence-corrected chi connectivity index (χ1v) is 15.6. The minimum absolute atomic E-state index is 0.0532. The molecule has 2 saturated heterocycles. The van der Waals surface area contributed by atoms with E-state index in [1.807, 2.05) is 47.8 Å². The second-order valence-corrected chi connectivity index (χ2v) is 12.1. The number of carbonyl (C=O) groups excluding carboxylic acids is 1. The van der Waals surface area contributed by atoms with Gasteiger partial charge >= 0.3 is 0 Å². The quantitative estimate of drug-likeness (QED) is 0.224. The van der Waals surface area contributed by atoms with E-state index in [1.165, 1.54) is 19.3 Å². The van der Waals surface area contributed by atoms with Crippen molar-refractivity contribution in [3.05, 3.63) is 76.0 Å². The third-order valence-electron chi connectivity index (χ3n) is 8.72. The molecule has 6 rings (SSSR count). The van der Waals surface area contributed by atoms with Crippen molar-refractivity contribution in [1.29, 1.82) is 5.41 Å². The number of hydrogen-bond acceptors (Lipinski definition) is 7. The minimum Gasteiger partial charge on any atom is -0.490 e. The highest BCUT2D eigenvalue weighted by molar-refractivity contribution is 7.08. The van der Waals surface area contributed by atoms with Crippen molar-refractivity contribution in [3.63, 3.8) is 0 Å². The molecule has 2 aliphatic heterocycles. The maximum absolute atomic E-state index is 13.5. The van der Waals surface area contributed by atoms with E-state index in [-0.39, 0.29) is 18.1 Å². The van der Waals surface area contributed by atoms with Gasteiger partial charge < -0.3 is 20.7 Å². The number of nitrogens with zero attached hydrogens (tertiary/aromatic N) is 2. The van der Waals surface area contributed by atoms with Gasteiger partial charge in [0.05, 0.1) is 5.71 Å². The zero-order valence-corrected chi connectivity index (χ0v) is 23.8. The monoisotopic (exact) mass is 557 g/mol. The van der Waals surface area contributed by atoms with Gasteiger partial charge in [-0.25, -0.2) is 0 Å². The second-order valence-electron chi connectivity index (χ2n) is 11.3. The Bertz CT molecular complexity index is 1310. The zero-order chi connectivity index (χ0) is 27.5. The topological polar surface area (TPSA) is 94.7 Å². The van der Waals surface area contributed by atoms with Gasteiger partial charge in [0.15, 0.2) is 0 Å². The van der Waals surface area contributed by atoms with Gasteiger partial charge in [0, 0.05) is 41.6 Å². The molecule has 3 aliphatic rings. The van der Waals surface area contributed by atoms with E-state index in [0.717, 1.165) is 74.8 Å². The maximum Gasteiger partial charge on any atom is 0.246 e. The van der Waals surface area contributed by atoms with Gasteiger partial charge in [0.1, 0.15) is 17.9 Å². The molecule has 0 radical (unpaired) electrons. The largest absolute Gasteiger partial charge is 0.490 e. The summed E-state index contributed by atoms with van der Waals surface area (Å²) in [4.78, 5) is 18.3. The summed E-state index contributed by atoms with van der Waals surface area (Å²) >= 11 is 1.61. The maximum atomic E-state index is 13.5. The number of thiophene rings is 1. The molecule has 210 valence electrons. The molecule has 1 unspecified atom stereocenters. The van der Waals surface area contributed by atoms with E-state index in [1.54, 1.807) is 17.4 Å². The third kappa shape index (κ3) is 5.94. The lowest BCUT2D eigenvalue weighted by Crippen LogP contribution is -2.46. The predicted octanol–water partition coefficient (Wildman–Crippen LogP) is 5.92. The highest BCUT2D eigenvalue weighted by atomic mass is 32.1. The Morgan fingerprint density at radius 3 is 2.38 bits per heavy atom. The summed E-state index contributed by atoms with van der Waals surface area (Å²) in [7, 11) is 0. The van der Waals surface area contributed by atoms with Gasteiger partial charge in [-0.2, -0.15) is 11.3 Å². The molecule has 7 nitrogen and oxygen atoms in total. The summed E-state index contributed by atoms with van der Waals surface area (Å²) in [6, 6.07) is 15.7. The molecule has 1 aliphatic carbocycles. The first-order chi connectivity index (χ1) is 19.5. The molecule has 0 bridgehead atoms. The number of nitrogens with one attached hydrogen (secondary N) is 2. The fourth-order valence-electron chi connectivity index (χ4n) is 6.18. The molecule has 8 heteroatoms. The highest BCUT2D eigenvalue weighted by Crippen LogP contribution is 2.31. The molecule has 3 fully saturated rings. The van der Waals surface area contributed by atoms with Gasteiger partial charge in [0.25, 0.3) is 0 Å². The highest BCUT2D eigenvalue weighted by Gasteiger charge is 2.31. The number of piperidine rings is 1. The zero-order valence-electron chi connectivity index (χ0n) is 23.0. The Morgan fingerprint density at radius 2 is 1.73 bits per heavy atom. The first kappa shape index (κ1) is 27.0. The van der Waals surface area contributed by atoms with E-state index < -0.39 is 0 Å². The van der Waals surface area contributed by atoms with Crippen LogP contribution in [0, 0.1) is 5.41 Å². The van der Waals surface area contributed by atoms with Crippen molar-refractivity contribution in [2.75, 3.05) is 37.2 Å². The predicted molar refractivity (Wildman–Crippen MR) is 163 cm³/mol. The van der Waals surface area contributed by atoms with Crippen LogP contribution in [0.25, 0.3) is 0 Å². The molecule has 2 aromatic carbocycles. The van der Waals surface area contributed by atoms with Crippen LogP contribution in [0.5, 0.6) is 5.75 Å². The lowest BCUT2D eigenvalue weighted by atomic mass is 9.90. The normalized spacial score (nSPS) is 19.7. The number of nitrogen functional groups attached to an aromatic ring is 1. The number of nitrogens with two attached hydrogens (primary N) is 1. The number of hydrogen-bond donors (Lipinski definition) is 3. The van der Waals surface area contributed by atoms with Crippen LogP contribution in [-0.2, 0) is 4.79 Å². The number of rotatable bonds is 9. The Kier molecular flexibility index (Phi) is 8.18. The van der Waals surface area contributed by atoms with Crippen molar-refractivity contribution in [2.45, 2.75) is 63.1 Å². The van der Waals surface area contributed by atoms with E-state index in [4.69, 9.17) is 15.9 Å². The fraction of sp³-hybridized carbons (Fsp3) is 0.438. The molecular weight excluding hydrogens is 518 g/mol. The molecule has 1 atom stereocenters. The van der Waals surface area contributed by atoms with Crippen molar-refractivity contribution in [2.24, 2.45) is 0 Å². The first-order valence-electron chi connectivity index (χ1n) is 14.6. The molecule has 0 spiro atoms. The van der Waals surface area contributed by atoms with Crippen LogP contribution in [0.3, 0.4) is 0 Å². The molecule has 3 aromatic rings. The fourth-order valence-corrected chi connectivity index (χ4v) is 6.86. The van der Waals surface area contributed by atoms with Gasteiger partial charge in [-0.3, -0.25) is 15.1 Å². The Balaban J connectivity index is 1.10. The summed E-state index contributed by atoms with van der Waals surface area (Å²) < 4.78 is 6.28. The van der Waals surface area contributed by atoms with Gasteiger partial charge in [-0.15, -0.1) is 0 Å². The molecule has 1 amide bonds. The summed E-state index contributed by atoms with van der Waals surface area (Å²) in [6.07, 6.45) is 8.68. The van der Waals surface area contributed by atoms with Crippen molar-refractivity contribution in [3.8, 4) is 5.75 Å². The summed E-state index contributed by atoms with van der Waals surface area (Å²) in [5.41, 5.74) is 10.2. The lowest BCUT2D eigenvalue weighted by Gasteiger charge is -2.41. The molecular formula is C32H39N5O2S. The van der Waals surface area contributed by atoms with E-state index in [9.17, 15) is 4.79 Å². The molecule has 40 heavy (non-hydrogen) atoms. The van der Waals surface area contributed by atoms with Crippen LogP contribution in [0.1, 0.15) is 67.7 Å². The van der Waals surface area contributed by atoms with Gasteiger partial charge in [-0.05, 0) is 116 Å². The Morgan fingerprint density at radius 1 is 0.975 bits per heavy atom. The van der Waals surface area contributed by atoms with Crippen LogP contribution < -0.4 is 15.8 Å². The molecule has 1 aromatic heterocycles. The van der Waals surface area contributed by atoms with Crippen LogP contribution in [0.15, 0.2) is 59.3 Å². The van der Waals surface area contributed by atoms with Crippen molar-refractivity contribution in [1.82, 2.24) is 9.80 Å². The smallest absolute Gasteiger partial charge is 0.246 e. The van der Waals surface area contributed by atoms with Crippen molar-refractivity contribution >= 4 is 34.3 Å². The van der Waals surface area contributed by atoms with Crippen molar-refractivity contribution < 1.29 is 9.53 Å². The summed E-state index contributed by atoms with van der Waals surface area (Å²) in [5.74, 6) is 0.789. The van der Waals surface area contributed by atoms with E-state index >= 15 is 0 Å². The number of amides is 1. The average molecular weight is 558 g/mol. The molecule has 1 saturated carbocycles. The van der Waals surface area contributed by atoms with Crippen LogP contribution in [0.4, 0.5) is 11.4 Å². The van der Waals surface area contributed by atoms with Crippen LogP contribution in [0.2, 0.25) is 0 Å². The second kappa shape index (κ2) is 12.1. The molecule has 4 N–H and O–H groups in total. The lowest BCUT2D eigenvalue weighted by molar-refractivity contribution is -0.121. The Labute approximate surface area is 240 Å².